The van der Waals surface area contributed by atoms with Gasteiger partial charge in [0.1, 0.15) is 18.2 Å². The van der Waals surface area contributed by atoms with Crippen molar-refractivity contribution in [1.82, 2.24) is 0 Å². The van der Waals surface area contributed by atoms with Gasteiger partial charge in [-0.2, -0.15) is 0 Å². The van der Waals surface area contributed by atoms with E-state index in [2.05, 4.69) is 15.9 Å². The van der Waals surface area contributed by atoms with E-state index in [1.165, 1.54) is 0 Å². The zero-order valence-electron chi connectivity index (χ0n) is 8.94. The smallest absolute Gasteiger partial charge is 0.131 e. The Kier molecular flexibility index (Phi) is 3.81. The highest BCUT2D eigenvalue weighted by molar-refractivity contribution is 9.10. The van der Waals surface area contributed by atoms with Crippen molar-refractivity contribution in [2.75, 3.05) is 0 Å². The number of ether oxygens (including phenoxy) is 1. The Hall–Kier alpha value is -1.33. The standard InChI is InChI=1S/C12H11BrN2OS/c13-9-4-1-5-10(11(9)12(14)15)16-7-8-3-2-6-17-8/h1-6H,7H2,(H3,14,15). The number of thiophene rings is 1. The van der Waals surface area contributed by atoms with Gasteiger partial charge >= 0.3 is 0 Å². The molecule has 0 aliphatic heterocycles. The monoisotopic (exact) mass is 310 g/mol. The van der Waals surface area contributed by atoms with Gasteiger partial charge in [0.15, 0.2) is 0 Å². The van der Waals surface area contributed by atoms with Crippen LogP contribution in [-0.4, -0.2) is 5.84 Å². The van der Waals surface area contributed by atoms with Crippen LogP contribution in [0, 0.1) is 5.41 Å². The fraction of sp³-hybridized carbons (Fsp3) is 0.0833. The molecule has 0 radical (unpaired) electrons. The third-order valence-corrected chi connectivity index (χ3v) is 3.71. The summed E-state index contributed by atoms with van der Waals surface area (Å²) in [5, 5.41) is 9.55. The number of nitrogens with two attached hydrogens (primary N) is 1. The third kappa shape index (κ3) is 2.87. The number of halogens is 1. The highest BCUT2D eigenvalue weighted by atomic mass is 79.9. The lowest BCUT2D eigenvalue weighted by atomic mass is 10.2. The first kappa shape index (κ1) is 12.1. The van der Waals surface area contributed by atoms with Gasteiger partial charge in [0, 0.05) is 9.35 Å². The van der Waals surface area contributed by atoms with Gasteiger partial charge < -0.3 is 10.5 Å². The summed E-state index contributed by atoms with van der Waals surface area (Å²) in [5.41, 5.74) is 6.14. The summed E-state index contributed by atoms with van der Waals surface area (Å²) >= 11 is 5.01. The van der Waals surface area contributed by atoms with Gasteiger partial charge in [-0.25, -0.2) is 0 Å². The minimum Gasteiger partial charge on any atom is -0.487 e. The lowest BCUT2D eigenvalue weighted by Gasteiger charge is -2.11. The largest absolute Gasteiger partial charge is 0.487 e. The molecule has 0 saturated heterocycles. The van der Waals surface area contributed by atoms with E-state index in [4.69, 9.17) is 15.9 Å². The molecule has 3 nitrogen and oxygen atoms in total. The van der Waals surface area contributed by atoms with Gasteiger partial charge in [-0.1, -0.05) is 12.1 Å². The Morgan fingerprint density at radius 1 is 1.35 bits per heavy atom. The Bertz CT molecular complexity index is 525. The number of nitrogens with one attached hydrogen (secondary N) is 1. The predicted octanol–water partition coefficient (Wildman–Crippen LogP) is 3.37. The van der Waals surface area contributed by atoms with Crippen LogP contribution in [0.1, 0.15) is 10.4 Å². The highest BCUT2D eigenvalue weighted by Crippen LogP contribution is 2.27. The molecule has 1 heterocycles. The predicted molar refractivity (Wildman–Crippen MR) is 73.8 cm³/mol. The van der Waals surface area contributed by atoms with Gasteiger partial charge in [0.05, 0.1) is 5.56 Å². The Labute approximate surface area is 112 Å². The van der Waals surface area contributed by atoms with E-state index < -0.39 is 0 Å². The molecule has 0 fully saturated rings. The quantitative estimate of drug-likeness (QED) is 0.672. The van der Waals surface area contributed by atoms with E-state index in [0.717, 1.165) is 9.35 Å². The molecule has 0 atom stereocenters. The van der Waals surface area contributed by atoms with Crippen LogP contribution in [0.3, 0.4) is 0 Å². The molecule has 0 bridgehead atoms. The molecule has 1 aromatic heterocycles. The van der Waals surface area contributed by atoms with Crippen LogP contribution in [0.5, 0.6) is 5.75 Å². The number of amidine groups is 1. The van der Waals surface area contributed by atoms with Gasteiger partial charge in [-0.3, -0.25) is 5.41 Å². The molecule has 0 aliphatic rings. The molecule has 0 aliphatic carbocycles. The van der Waals surface area contributed by atoms with Crippen molar-refractivity contribution in [3.05, 3.63) is 50.6 Å². The van der Waals surface area contributed by atoms with Crippen molar-refractivity contribution in [3.63, 3.8) is 0 Å². The molecule has 5 heteroatoms. The molecular formula is C12H11BrN2OS. The highest BCUT2D eigenvalue weighted by Gasteiger charge is 2.10. The minimum atomic E-state index is -0.00125. The first-order valence-corrected chi connectivity index (χ1v) is 6.64. The second-order valence-corrected chi connectivity index (χ2v) is 5.28. The van der Waals surface area contributed by atoms with Crippen LogP contribution in [0.25, 0.3) is 0 Å². The SMILES string of the molecule is N=C(N)c1c(Br)cccc1OCc1cccs1. The lowest BCUT2D eigenvalue weighted by Crippen LogP contribution is -2.13. The Morgan fingerprint density at radius 2 is 2.18 bits per heavy atom. The van der Waals surface area contributed by atoms with Crippen molar-refractivity contribution in [1.29, 1.82) is 5.41 Å². The lowest BCUT2D eigenvalue weighted by molar-refractivity contribution is 0.309. The number of hydrogen-bond donors (Lipinski definition) is 2. The van der Waals surface area contributed by atoms with Gasteiger partial charge in [0.25, 0.3) is 0 Å². The maximum absolute atomic E-state index is 7.54. The van der Waals surface area contributed by atoms with Crippen molar-refractivity contribution in [3.8, 4) is 5.75 Å². The molecule has 17 heavy (non-hydrogen) atoms. The zero-order valence-corrected chi connectivity index (χ0v) is 11.3. The Morgan fingerprint density at radius 3 is 2.82 bits per heavy atom. The average Bonchev–Trinajstić information content (AvgIpc) is 2.78. The maximum atomic E-state index is 7.54. The summed E-state index contributed by atoms with van der Waals surface area (Å²) in [6, 6.07) is 9.51. The first-order chi connectivity index (χ1) is 8.18. The maximum Gasteiger partial charge on any atom is 0.131 e. The molecule has 0 spiro atoms. The van der Waals surface area contributed by atoms with Crippen LogP contribution < -0.4 is 10.5 Å². The molecule has 2 aromatic rings. The molecule has 0 saturated carbocycles. The molecule has 0 amide bonds. The summed E-state index contributed by atoms with van der Waals surface area (Å²) < 4.78 is 6.46. The summed E-state index contributed by atoms with van der Waals surface area (Å²) in [5.74, 6) is 0.624. The van der Waals surface area contributed by atoms with Crippen LogP contribution in [0.2, 0.25) is 0 Å². The summed E-state index contributed by atoms with van der Waals surface area (Å²) in [6.45, 7) is 0.494. The van der Waals surface area contributed by atoms with E-state index in [9.17, 15) is 0 Å². The summed E-state index contributed by atoms with van der Waals surface area (Å²) in [4.78, 5) is 1.14. The summed E-state index contributed by atoms with van der Waals surface area (Å²) in [6.07, 6.45) is 0. The topological polar surface area (TPSA) is 59.1 Å². The van der Waals surface area contributed by atoms with Gasteiger partial charge in [0.2, 0.25) is 0 Å². The number of benzene rings is 1. The number of hydrogen-bond acceptors (Lipinski definition) is 3. The fourth-order valence-corrected chi connectivity index (χ4v) is 2.61. The molecule has 2 rings (SSSR count). The average molecular weight is 311 g/mol. The molecule has 0 unspecified atom stereocenters. The van der Waals surface area contributed by atoms with Crippen molar-refractivity contribution < 1.29 is 4.74 Å². The molecule has 88 valence electrons. The van der Waals surface area contributed by atoms with Crippen LogP contribution in [-0.2, 0) is 6.61 Å². The van der Waals surface area contributed by atoms with Gasteiger partial charge in [-0.15, -0.1) is 11.3 Å². The first-order valence-electron chi connectivity index (χ1n) is 4.96. The van der Waals surface area contributed by atoms with E-state index in [0.29, 0.717) is 17.9 Å². The van der Waals surface area contributed by atoms with Gasteiger partial charge in [-0.05, 0) is 39.5 Å². The van der Waals surface area contributed by atoms with E-state index in [-0.39, 0.29) is 5.84 Å². The van der Waals surface area contributed by atoms with Crippen LogP contribution in [0.4, 0.5) is 0 Å². The van der Waals surface area contributed by atoms with Crippen molar-refractivity contribution in [2.45, 2.75) is 6.61 Å². The zero-order chi connectivity index (χ0) is 12.3. The van der Waals surface area contributed by atoms with E-state index in [1.54, 1.807) is 11.3 Å². The molecular weight excluding hydrogens is 300 g/mol. The van der Waals surface area contributed by atoms with Crippen LogP contribution >= 0.6 is 27.3 Å². The number of nitrogen functional groups attached to an aromatic ring is 1. The molecule has 1 aromatic carbocycles. The second-order valence-electron chi connectivity index (χ2n) is 3.39. The van der Waals surface area contributed by atoms with Crippen molar-refractivity contribution in [2.24, 2.45) is 5.73 Å². The van der Waals surface area contributed by atoms with Crippen LogP contribution in [0.15, 0.2) is 40.2 Å². The van der Waals surface area contributed by atoms with E-state index >= 15 is 0 Å². The normalized spacial score (nSPS) is 10.2. The molecule has 3 N–H and O–H groups in total. The third-order valence-electron chi connectivity index (χ3n) is 2.19. The Balaban J connectivity index is 2.21. The van der Waals surface area contributed by atoms with E-state index in [1.807, 2.05) is 35.7 Å². The minimum absolute atomic E-state index is 0.00125. The second kappa shape index (κ2) is 5.33. The number of rotatable bonds is 4. The van der Waals surface area contributed by atoms with Crippen molar-refractivity contribution >= 4 is 33.1 Å². The fourth-order valence-electron chi connectivity index (χ4n) is 1.43. The summed E-state index contributed by atoms with van der Waals surface area (Å²) in [7, 11) is 0.